The number of methoxy groups -OCH3 is 1. The Bertz CT molecular complexity index is 489. The van der Waals surface area contributed by atoms with Crippen molar-refractivity contribution in [1.82, 2.24) is 5.32 Å². The lowest BCUT2D eigenvalue weighted by atomic mass is 9.85. The summed E-state index contributed by atoms with van der Waals surface area (Å²) in [7, 11) is 1.71. The van der Waals surface area contributed by atoms with E-state index in [4.69, 9.17) is 10.5 Å². The molecular weight excluding hydrogens is 294 g/mol. The van der Waals surface area contributed by atoms with E-state index in [0.717, 1.165) is 30.5 Å². The molecule has 0 saturated heterocycles. The van der Waals surface area contributed by atoms with Crippen LogP contribution in [-0.2, 0) is 0 Å². The monoisotopic (exact) mass is 321 g/mol. The van der Waals surface area contributed by atoms with E-state index in [1.807, 2.05) is 18.2 Å². The maximum absolute atomic E-state index is 5.91. The van der Waals surface area contributed by atoms with Gasteiger partial charge in [-0.3, -0.25) is 4.99 Å². The molecule has 5 heteroatoms. The van der Waals surface area contributed by atoms with E-state index in [2.05, 4.69) is 23.3 Å². The minimum absolute atomic E-state index is 0.471. The highest BCUT2D eigenvalue weighted by atomic mass is 32.2. The van der Waals surface area contributed by atoms with Gasteiger partial charge in [-0.1, -0.05) is 25.5 Å². The topological polar surface area (TPSA) is 59.6 Å². The first-order valence-corrected chi connectivity index (χ1v) is 8.97. The van der Waals surface area contributed by atoms with Crippen LogP contribution >= 0.6 is 11.8 Å². The van der Waals surface area contributed by atoms with Gasteiger partial charge < -0.3 is 15.8 Å². The zero-order valence-electron chi connectivity index (χ0n) is 13.5. The molecule has 1 fully saturated rings. The Morgan fingerprint density at radius 2 is 2.23 bits per heavy atom. The molecule has 0 aliphatic heterocycles. The number of nitrogens with two attached hydrogens (primary N) is 1. The first-order valence-electron chi connectivity index (χ1n) is 7.98. The van der Waals surface area contributed by atoms with Crippen molar-refractivity contribution < 1.29 is 4.74 Å². The van der Waals surface area contributed by atoms with Crippen LogP contribution in [0.5, 0.6) is 5.75 Å². The molecule has 0 radical (unpaired) electrons. The van der Waals surface area contributed by atoms with Crippen LogP contribution in [0.25, 0.3) is 0 Å². The number of aliphatic imine (C=N–C) groups is 1. The Balaban J connectivity index is 1.69. The lowest BCUT2D eigenvalue weighted by Crippen LogP contribution is -2.37. The quantitative estimate of drug-likeness (QED) is 0.439. The minimum Gasteiger partial charge on any atom is -0.496 e. The van der Waals surface area contributed by atoms with Crippen molar-refractivity contribution in [3.8, 4) is 5.75 Å². The van der Waals surface area contributed by atoms with Gasteiger partial charge in [0.15, 0.2) is 5.96 Å². The van der Waals surface area contributed by atoms with Gasteiger partial charge in [-0.05, 0) is 36.8 Å². The zero-order chi connectivity index (χ0) is 15.8. The van der Waals surface area contributed by atoms with Crippen molar-refractivity contribution in [1.29, 1.82) is 0 Å². The molecule has 1 aromatic carbocycles. The summed E-state index contributed by atoms with van der Waals surface area (Å²) in [5, 5.41) is 3.23. The standard InChI is InChI=1S/C17H27N3OS/c1-13(10-19-17(18)20-11-14-6-5-7-14)12-22-16-9-4-3-8-15(16)21-2/h3-4,8-9,13-14H,5-7,10-12H2,1-2H3,(H3,18,19,20). The van der Waals surface area contributed by atoms with E-state index < -0.39 is 0 Å². The summed E-state index contributed by atoms with van der Waals surface area (Å²) in [4.78, 5) is 5.63. The van der Waals surface area contributed by atoms with Crippen molar-refractivity contribution in [3.63, 3.8) is 0 Å². The Hall–Kier alpha value is -1.36. The highest BCUT2D eigenvalue weighted by Gasteiger charge is 2.16. The van der Waals surface area contributed by atoms with Gasteiger partial charge in [0.25, 0.3) is 0 Å². The Morgan fingerprint density at radius 1 is 1.45 bits per heavy atom. The van der Waals surface area contributed by atoms with E-state index in [-0.39, 0.29) is 0 Å². The van der Waals surface area contributed by atoms with Crippen LogP contribution < -0.4 is 15.8 Å². The molecule has 0 amide bonds. The molecule has 1 saturated carbocycles. The normalized spacial score (nSPS) is 16.9. The minimum atomic E-state index is 0.471. The molecule has 0 bridgehead atoms. The third kappa shape index (κ3) is 5.44. The molecule has 0 spiro atoms. The van der Waals surface area contributed by atoms with Gasteiger partial charge in [-0.15, -0.1) is 11.8 Å². The smallest absolute Gasteiger partial charge is 0.188 e. The maximum atomic E-state index is 5.91. The van der Waals surface area contributed by atoms with Gasteiger partial charge in [0.1, 0.15) is 5.75 Å². The van der Waals surface area contributed by atoms with E-state index in [9.17, 15) is 0 Å². The summed E-state index contributed by atoms with van der Waals surface area (Å²) >= 11 is 1.81. The molecule has 1 atom stereocenters. The number of nitrogens with zero attached hydrogens (tertiary/aromatic N) is 1. The highest BCUT2D eigenvalue weighted by molar-refractivity contribution is 7.99. The number of nitrogens with one attached hydrogen (secondary N) is 1. The van der Waals surface area contributed by atoms with Crippen molar-refractivity contribution in [2.24, 2.45) is 22.6 Å². The van der Waals surface area contributed by atoms with Crippen LogP contribution in [0.15, 0.2) is 34.2 Å². The maximum Gasteiger partial charge on any atom is 0.188 e. The van der Waals surface area contributed by atoms with Gasteiger partial charge in [0.05, 0.1) is 7.11 Å². The molecule has 1 aliphatic carbocycles. The average molecular weight is 321 g/mol. The SMILES string of the molecule is COc1ccccc1SCC(C)CN=C(N)NCC1CCC1. The van der Waals surface area contributed by atoms with E-state index >= 15 is 0 Å². The molecule has 1 unspecified atom stereocenters. The van der Waals surface area contributed by atoms with Crippen LogP contribution in [0.2, 0.25) is 0 Å². The first-order chi connectivity index (χ1) is 10.7. The largest absolute Gasteiger partial charge is 0.496 e. The summed E-state index contributed by atoms with van der Waals surface area (Å²) in [6.45, 7) is 3.93. The Kier molecular flexibility index (Phi) is 6.90. The number of guanidine groups is 1. The van der Waals surface area contributed by atoms with Crippen molar-refractivity contribution in [2.45, 2.75) is 31.1 Å². The predicted octanol–water partition coefficient (Wildman–Crippen LogP) is 3.13. The number of benzene rings is 1. The second-order valence-corrected chi connectivity index (χ2v) is 7.03. The molecular formula is C17H27N3OS. The van der Waals surface area contributed by atoms with Gasteiger partial charge in [-0.2, -0.15) is 0 Å². The van der Waals surface area contributed by atoms with Crippen molar-refractivity contribution in [3.05, 3.63) is 24.3 Å². The number of ether oxygens (including phenoxy) is 1. The first kappa shape index (κ1) is 17.0. The van der Waals surface area contributed by atoms with Crippen LogP contribution in [-0.4, -0.2) is 31.9 Å². The number of hydrogen-bond acceptors (Lipinski definition) is 3. The summed E-state index contributed by atoms with van der Waals surface area (Å²) in [5.74, 6) is 3.79. The molecule has 122 valence electrons. The third-order valence-electron chi connectivity index (χ3n) is 3.96. The number of para-hydroxylation sites is 1. The fraction of sp³-hybridized carbons (Fsp3) is 0.588. The molecule has 0 aromatic heterocycles. The molecule has 3 N–H and O–H groups in total. The van der Waals surface area contributed by atoms with Crippen LogP contribution in [0.3, 0.4) is 0 Å². The fourth-order valence-corrected chi connectivity index (χ4v) is 3.32. The van der Waals surface area contributed by atoms with Crippen molar-refractivity contribution >= 4 is 17.7 Å². The highest BCUT2D eigenvalue weighted by Crippen LogP contribution is 2.30. The Morgan fingerprint density at radius 3 is 2.91 bits per heavy atom. The molecule has 2 rings (SSSR count). The lowest BCUT2D eigenvalue weighted by Gasteiger charge is -2.25. The van der Waals surface area contributed by atoms with Crippen LogP contribution in [0.4, 0.5) is 0 Å². The van der Waals surface area contributed by atoms with E-state index in [1.165, 1.54) is 24.2 Å². The predicted molar refractivity (Wildman–Crippen MR) is 94.7 cm³/mol. The van der Waals surface area contributed by atoms with Gasteiger partial charge in [-0.25, -0.2) is 0 Å². The average Bonchev–Trinajstić information content (AvgIpc) is 2.49. The fourth-order valence-electron chi connectivity index (χ4n) is 2.28. The van der Waals surface area contributed by atoms with Crippen molar-refractivity contribution in [2.75, 3.05) is 26.0 Å². The van der Waals surface area contributed by atoms with Gasteiger partial charge >= 0.3 is 0 Å². The summed E-state index contributed by atoms with van der Waals surface area (Å²) in [6, 6.07) is 8.11. The second-order valence-electron chi connectivity index (χ2n) is 5.97. The van der Waals surface area contributed by atoms with E-state index in [1.54, 1.807) is 18.9 Å². The molecule has 4 nitrogen and oxygen atoms in total. The Labute approximate surface area is 137 Å². The van der Waals surface area contributed by atoms with Crippen LogP contribution in [0, 0.1) is 11.8 Å². The number of rotatable bonds is 8. The molecule has 0 heterocycles. The molecule has 1 aromatic rings. The summed E-state index contributed by atoms with van der Waals surface area (Å²) < 4.78 is 5.37. The van der Waals surface area contributed by atoms with Gasteiger partial charge in [0, 0.05) is 23.7 Å². The van der Waals surface area contributed by atoms with Gasteiger partial charge in [0.2, 0.25) is 0 Å². The zero-order valence-corrected chi connectivity index (χ0v) is 14.4. The van der Waals surface area contributed by atoms with Crippen LogP contribution in [0.1, 0.15) is 26.2 Å². The summed E-state index contributed by atoms with van der Waals surface area (Å²) in [5.41, 5.74) is 5.91. The third-order valence-corrected chi connectivity index (χ3v) is 5.35. The molecule has 1 aliphatic rings. The number of hydrogen-bond donors (Lipinski definition) is 2. The lowest BCUT2D eigenvalue weighted by molar-refractivity contribution is 0.315. The number of thioether (sulfide) groups is 1. The second kappa shape index (κ2) is 8.93. The van der Waals surface area contributed by atoms with E-state index in [0.29, 0.717) is 11.9 Å². The molecule has 22 heavy (non-hydrogen) atoms. The summed E-state index contributed by atoms with van der Waals surface area (Å²) in [6.07, 6.45) is 4.01.